The molecule has 0 aromatic heterocycles. The monoisotopic (exact) mass is 247 g/mol. The van der Waals surface area contributed by atoms with Gasteiger partial charge in [0, 0.05) is 25.4 Å². The predicted molar refractivity (Wildman–Crippen MR) is 73.3 cm³/mol. The Labute approximate surface area is 107 Å². The summed E-state index contributed by atoms with van der Waals surface area (Å²) < 4.78 is 4.61. The average Bonchev–Trinajstić information content (AvgIpc) is 2.79. The fourth-order valence-corrected chi connectivity index (χ4v) is 1.87. The fraction of sp³-hybridized carbons (Fsp3) is 0.308. The first-order valence-electron chi connectivity index (χ1n) is 5.75. The molecule has 1 aromatic carbocycles. The molecule has 0 fully saturated rings. The van der Waals surface area contributed by atoms with E-state index in [0.29, 0.717) is 18.9 Å². The molecule has 1 aliphatic heterocycles. The SMILES string of the molecule is CN=CCN1C=C[N+]([O-])(c2ccc(OC)cc2)C1. The topological polar surface area (TPSA) is 47.9 Å². The molecule has 1 unspecified atom stereocenters. The first kappa shape index (κ1) is 12.6. The highest BCUT2D eigenvalue weighted by Gasteiger charge is 2.25. The van der Waals surface area contributed by atoms with Gasteiger partial charge < -0.3 is 14.8 Å². The molecule has 5 heteroatoms. The zero-order valence-electron chi connectivity index (χ0n) is 10.6. The number of rotatable bonds is 4. The summed E-state index contributed by atoms with van der Waals surface area (Å²) in [5.74, 6) is 0.753. The Morgan fingerprint density at radius 3 is 2.78 bits per heavy atom. The number of methoxy groups -OCH3 is 1. The molecule has 1 atom stereocenters. The van der Waals surface area contributed by atoms with Crippen molar-refractivity contribution in [3.8, 4) is 5.75 Å². The van der Waals surface area contributed by atoms with E-state index in [9.17, 15) is 5.21 Å². The summed E-state index contributed by atoms with van der Waals surface area (Å²) in [5, 5.41) is 12.6. The van der Waals surface area contributed by atoms with E-state index in [0.717, 1.165) is 5.75 Å². The number of ether oxygens (including phenoxy) is 1. The number of aliphatic imine (C=N–C) groups is 1. The second-order valence-electron chi connectivity index (χ2n) is 4.15. The normalized spacial score (nSPS) is 22.9. The van der Waals surface area contributed by atoms with Crippen molar-refractivity contribution in [3.05, 3.63) is 41.9 Å². The van der Waals surface area contributed by atoms with Gasteiger partial charge in [0.25, 0.3) is 0 Å². The summed E-state index contributed by atoms with van der Waals surface area (Å²) in [6, 6.07) is 7.20. The Morgan fingerprint density at radius 1 is 1.44 bits per heavy atom. The van der Waals surface area contributed by atoms with E-state index in [1.54, 1.807) is 50.8 Å². The van der Waals surface area contributed by atoms with Crippen LogP contribution in [0.1, 0.15) is 0 Å². The van der Waals surface area contributed by atoms with Crippen LogP contribution in [0.15, 0.2) is 41.7 Å². The predicted octanol–water partition coefficient (Wildman–Crippen LogP) is 1.95. The van der Waals surface area contributed by atoms with Crippen LogP contribution in [0.3, 0.4) is 0 Å². The van der Waals surface area contributed by atoms with Crippen molar-refractivity contribution >= 4 is 11.9 Å². The zero-order valence-corrected chi connectivity index (χ0v) is 10.6. The number of benzene rings is 1. The standard InChI is InChI=1S/C13H17N3O2/c1-14-7-8-15-9-10-16(17,11-15)12-3-5-13(18-2)6-4-12/h3-7,9-10H,8,11H2,1-2H3. The first-order chi connectivity index (χ1) is 8.68. The molecule has 0 N–H and O–H groups in total. The lowest BCUT2D eigenvalue weighted by atomic mass is 10.3. The Kier molecular flexibility index (Phi) is 3.64. The van der Waals surface area contributed by atoms with Gasteiger partial charge in [-0.3, -0.25) is 9.64 Å². The molecule has 0 aliphatic carbocycles. The van der Waals surface area contributed by atoms with E-state index in [-0.39, 0.29) is 0 Å². The van der Waals surface area contributed by atoms with Crippen LogP contribution in [0.5, 0.6) is 5.75 Å². The molecule has 18 heavy (non-hydrogen) atoms. The molecule has 0 saturated heterocycles. The number of quaternary nitrogens is 1. The molecule has 1 aliphatic rings. The van der Waals surface area contributed by atoms with Crippen molar-refractivity contribution in [2.75, 3.05) is 27.4 Å². The highest BCUT2D eigenvalue weighted by molar-refractivity contribution is 5.60. The number of nitrogens with zero attached hydrogens (tertiary/aromatic N) is 3. The van der Waals surface area contributed by atoms with Crippen molar-refractivity contribution in [1.82, 2.24) is 9.55 Å². The molecule has 96 valence electrons. The Morgan fingerprint density at radius 2 is 2.17 bits per heavy atom. The lowest BCUT2D eigenvalue weighted by Crippen LogP contribution is -2.40. The van der Waals surface area contributed by atoms with Gasteiger partial charge in [-0.2, -0.15) is 0 Å². The highest BCUT2D eigenvalue weighted by atomic mass is 16.5. The van der Waals surface area contributed by atoms with Gasteiger partial charge in [-0.1, -0.05) is 0 Å². The molecule has 0 amide bonds. The zero-order chi connectivity index (χ0) is 13.0. The second-order valence-corrected chi connectivity index (χ2v) is 4.15. The Hall–Kier alpha value is -1.85. The summed E-state index contributed by atoms with van der Waals surface area (Å²) in [5.41, 5.74) is 0.697. The van der Waals surface area contributed by atoms with Crippen molar-refractivity contribution < 1.29 is 4.74 Å². The fourth-order valence-electron chi connectivity index (χ4n) is 1.87. The summed E-state index contributed by atoms with van der Waals surface area (Å²) in [4.78, 5) is 5.85. The quantitative estimate of drug-likeness (QED) is 0.464. The van der Waals surface area contributed by atoms with E-state index in [1.807, 2.05) is 11.1 Å². The smallest absolute Gasteiger partial charge is 0.163 e. The third kappa shape index (κ3) is 2.52. The van der Waals surface area contributed by atoms with Crippen LogP contribution in [0.4, 0.5) is 5.69 Å². The lowest BCUT2D eigenvalue weighted by molar-refractivity contribution is 0.345. The molecule has 1 aromatic rings. The van der Waals surface area contributed by atoms with Gasteiger partial charge in [0.15, 0.2) is 6.67 Å². The van der Waals surface area contributed by atoms with Crippen LogP contribution in [-0.2, 0) is 0 Å². The maximum absolute atomic E-state index is 12.6. The molecule has 2 rings (SSSR count). The molecular weight excluding hydrogens is 230 g/mol. The molecule has 0 spiro atoms. The summed E-state index contributed by atoms with van der Waals surface area (Å²) >= 11 is 0. The van der Waals surface area contributed by atoms with Gasteiger partial charge in [0.05, 0.1) is 19.9 Å². The van der Waals surface area contributed by atoms with Gasteiger partial charge in [0.2, 0.25) is 0 Å². The molecule has 1 heterocycles. The summed E-state index contributed by atoms with van der Waals surface area (Å²) in [6.45, 7) is 1.03. The molecular formula is C13H17N3O2. The van der Waals surface area contributed by atoms with Crippen LogP contribution in [0, 0.1) is 5.21 Å². The van der Waals surface area contributed by atoms with E-state index < -0.39 is 4.65 Å². The van der Waals surface area contributed by atoms with Gasteiger partial charge in [0.1, 0.15) is 17.6 Å². The maximum Gasteiger partial charge on any atom is 0.163 e. The van der Waals surface area contributed by atoms with E-state index in [4.69, 9.17) is 4.74 Å². The number of hydrogen-bond acceptors (Lipinski definition) is 4. The van der Waals surface area contributed by atoms with Crippen molar-refractivity contribution in [3.63, 3.8) is 0 Å². The van der Waals surface area contributed by atoms with E-state index >= 15 is 0 Å². The molecule has 0 saturated carbocycles. The Balaban J connectivity index is 2.10. The third-order valence-electron chi connectivity index (χ3n) is 2.92. The average molecular weight is 247 g/mol. The minimum atomic E-state index is -0.471. The number of hydroxylamine groups is 2. The van der Waals surface area contributed by atoms with Crippen molar-refractivity contribution in [1.29, 1.82) is 0 Å². The molecule has 0 radical (unpaired) electrons. The van der Waals surface area contributed by atoms with Crippen LogP contribution in [0.25, 0.3) is 0 Å². The minimum absolute atomic E-state index is 0.373. The van der Waals surface area contributed by atoms with Gasteiger partial charge in [-0.15, -0.1) is 0 Å². The molecule has 5 nitrogen and oxygen atoms in total. The minimum Gasteiger partial charge on any atom is -0.621 e. The molecule has 0 bridgehead atoms. The van der Waals surface area contributed by atoms with Crippen LogP contribution in [0.2, 0.25) is 0 Å². The summed E-state index contributed by atoms with van der Waals surface area (Å²) in [6.07, 6.45) is 5.25. The Bertz CT molecular complexity index is 456. The van der Waals surface area contributed by atoms with Crippen molar-refractivity contribution in [2.24, 2.45) is 4.99 Å². The van der Waals surface area contributed by atoms with Crippen molar-refractivity contribution in [2.45, 2.75) is 0 Å². The van der Waals surface area contributed by atoms with Gasteiger partial charge in [-0.05, 0) is 12.1 Å². The second kappa shape index (κ2) is 5.20. The van der Waals surface area contributed by atoms with Crippen LogP contribution in [-0.4, -0.2) is 38.5 Å². The lowest BCUT2D eigenvalue weighted by Gasteiger charge is -2.36. The van der Waals surface area contributed by atoms with Crippen LogP contribution < -0.4 is 9.38 Å². The maximum atomic E-state index is 12.6. The first-order valence-corrected chi connectivity index (χ1v) is 5.75. The largest absolute Gasteiger partial charge is 0.621 e. The van der Waals surface area contributed by atoms with Gasteiger partial charge >= 0.3 is 0 Å². The third-order valence-corrected chi connectivity index (χ3v) is 2.92. The van der Waals surface area contributed by atoms with Gasteiger partial charge in [-0.25, -0.2) is 0 Å². The number of hydrogen-bond donors (Lipinski definition) is 0. The van der Waals surface area contributed by atoms with E-state index in [2.05, 4.69) is 4.99 Å². The summed E-state index contributed by atoms with van der Waals surface area (Å²) in [7, 11) is 3.33. The van der Waals surface area contributed by atoms with Crippen LogP contribution >= 0.6 is 0 Å². The van der Waals surface area contributed by atoms with E-state index in [1.165, 1.54) is 0 Å². The highest BCUT2D eigenvalue weighted by Crippen LogP contribution is 2.28.